The Morgan fingerprint density at radius 1 is 1.17 bits per heavy atom. The van der Waals surface area contributed by atoms with Gasteiger partial charge >= 0.3 is 0 Å². The summed E-state index contributed by atoms with van der Waals surface area (Å²) in [6, 6.07) is 13.8. The number of carbonyl (C=O) groups is 1. The van der Waals surface area contributed by atoms with Gasteiger partial charge in [0.25, 0.3) is 5.91 Å². The van der Waals surface area contributed by atoms with Gasteiger partial charge in [-0.2, -0.15) is 0 Å². The lowest BCUT2D eigenvalue weighted by molar-refractivity contribution is 0.102. The highest BCUT2D eigenvalue weighted by molar-refractivity contribution is 14.1. The van der Waals surface area contributed by atoms with E-state index in [0.717, 1.165) is 14.8 Å². The molecule has 23 heavy (non-hydrogen) atoms. The minimum atomic E-state index is -0.128. The van der Waals surface area contributed by atoms with Crippen molar-refractivity contribution in [2.24, 2.45) is 0 Å². The maximum atomic E-state index is 12.3. The van der Waals surface area contributed by atoms with Crippen molar-refractivity contribution in [1.82, 2.24) is 4.98 Å². The molecule has 0 spiro atoms. The lowest BCUT2D eigenvalue weighted by Gasteiger charge is -2.05. The maximum absolute atomic E-state index is 12.3. The zero-order chi connectivity index (χ0) is 16.4. The second kappa shape index (κ2) is 6.80. The third-order valence-corrected chi connectivity index (χ3v) is 5.20. The Bertz CT molecular complexity index is 873. The number of aryl methyl sites for hydroxylation is 2. The number of aromatic nitrogens is 1. The molecule has 3 rings (SSSR count). The van der Waals surface area contributed by atoms with E-state index in [1.54, 1.807) is 0 Å². The van der Waals surface area contributed by atoms with Crippen LogP contribution in [0.25, 0.3) is 11.3 Å². The Labute approximate surface area is 152 Å². The highest BCUT2D eigenvalue weighted by Gasteiger charge is 2.13. The smallest absolute Gasteiger partial charge is 0.258 e. The van der Waals surface area contributed by atoms with E-state index in [4.69, 9.17) is 0 Å². The largest absolute Gasteiger partial charge is 0.298 e. The van der Waals surface area contributed by atoms with Crippen LogP contribution in [0.5, 0.6) is 0 Å². The van der Waals surface area contributed by atoms with Crippen LogP contribution < -0.4 is 5.32 Å². The van der Waals surface area contributed by atoms with Crippen molar-refractivity contribution in [3.8, 4) is 11.3 Å². The first kappa shape index (κ1) is 16.1. The van der Waals surface area contributed by atoms with Gasteiger partial charge in [0, 0.05) is 14.5 Å². The maximum Gasteiger partial charge on any atom is 0.258 e. The number of benzene rings is 2. The van der Waals surface area contributed by atoms with E-state index in [0.29, 0.717) is 10.7 Å². The average molecular weight is 434 g/mol. The van der Waals surface area contributed by atoms with Gasteiger partial charge < -0.3 is 0 Å². The van der Waals surface area contributed by atoms with Crippen LogP contribution in [0, 0.1) is 17.4 Å². The molecule has 0 fully saturated rings. The van der Waals surface area contributed by atoms with Crippen molar-refractivity contribution in [2.75, 3.05) is 5.32 Å². The number of anilines is 1. The molecule has 1 amide bonds. The van der Waals surface area contributed by atoms with Crippen molar-refractivity contribution in [1.29, 1.82) is 0 Å². The first-order chi connectivity index (χ1) is 11.0. The number of thiazole rings is 1. The Morgan fingerprint density at radius 3 is 2.70 bits per heavy atom. The van der Waals surface area contributed by atoms with E-state index in [1.807, 2.05) is 29.6 Å². The van der Waals surface area contributed by atoms with Crippen LogP contribution in [0.1, 0.15) is 21.5 Å². The molecule has 3 nitrogen and oxygen atoms in total. The van der Waals surface area contributed by atoms with Gasteiger partial charge in [-0.3, -0.25) is 10.1 Å². The van der Waals surface area contributed by atoms with E-state index in [2.05, 4.69) is 64.9 Å². The monoisotopic (exact) mass is 434 g/mol. The summed E-state index contributed by atoms with van der Waals surface area (Å²) >= 11 is 3.60. The third kappa shape index (κ3) is 3.61. The topological polar surface area (TPSA) is 42.0 Å². The Hall–Kier alpha value is -1.73. The quantitative estimate of drug-likeness (QED) is 0.570. The fraction of sp³-hybridized carbons (Fsp3) is 0.111. The molecule has 3 aromatic rings. The van der Waals surface area contributed by atoms with Crippen LogP contribution in [0.4, 0.5) is 5.13 Å². The highest BCUT2D eigenvalue weighted by atomic mass is 127. The number of nitrogens with zero attached hydrogens (tertiary/aromatic N) is 1. The predicted octanol–water partition coefficient (Wildman–Crippen LogP) is 5.28. The molecule has 0 unspecified atom stereocenters. The summed E-state index contributed by atoms with van der Waals surface area (Å²) in [4.78, 5) is 16.9. The molecule has 0 aliphatic rings. The predicted molar refractivity (Wildman–Crippen MR) is 104 cm³/mol. The van der Waals surface area contributed by atoms with Crippen molar-refractivity contribution in [3.63, 3.8) is 0 Å². The molecule has 0 bridgehead atoms. The molecule has 0 saturated heterocycles. The van der Waals surface area contributed by atoms with Crippen molar-refractivity contribution in [3.05, 3.63) is 68.1 Å². The minimum Gasteiger partial charge on any atom is -0.298 e. The summed E-state index contributed by atoms with van der Waals surface area (Å²) in [7, 11) is 0. The van der Waals surface area contributed by atoms with E-state index >= 15 is 0 Å². The second-order valence-corrected chi connectivity index (χ2v) is 7.31. The Balaban J connectivity index is 1.82. The standard InChI is InChI=1S/C18H15IN2OS/c1-11-7-8-13(12(2)9-11)16-10-23-18(20-16)21-17(22)14-5-3-4-6-15(14)19/h3-10H,1-2H3,(H,20,21,22). The van der Waals surface area contributed by atoms with Crippen molar-refractivity contribution >= 4 is 45.0 Å². The number of nitrogens with one attached hydrogen (secondary N) is 1. The molecular weight excluding hydrogens is 419 g/mol. The van der Waals surface area contributed by atoms with Crippen LogP contribution in [-0.2, 0) is 0 Å². The van der Waals surface area contributed by atoms with Crippen molar-refractivity contribution in [2.45, 2.75) is 13.8 Å². The van der Waals surface area contributed by atoms with E-state index in [9.17, 15) is 4.79 Å². The van der Waals surface area contributed by atoms with Gasteiger partial charge in [-0.25, -0.2) is 4.98 Å². The lowest BCUT2D eigenvalue weighted by Crippen LogP contribution is -2.13. The molecule has 2 aromatic carbocycles. The Morgan fingerprint density at radius 2 is 1.96 bits per heavy atom. The van der Waals surface area contributed by atoms with Crippen LogP contribution in [0.3, 0.4) is 0 Å². The molecule has 0 aliphatic carbocycles. The zero-order valence-corrected chi connectivity index (χ0v) is 15.7. The molecule has 116 valence electrons. The van der Waals surface area contributed by atoms with Gasteiger partial charge in [0.05, 0.1) is 11.3 Å². The fourth-order valence-electron chi connectivity index (χ4n) is 2.37. The average Bonchev–Trinajstić information content (AvgIpc) is 2.95. The SMILES string of the molecule is Cc1ccc(-c2csc(NC(=O)c3ccccc3I)n2)c(C)c1. The van der Waals surface area contributed by atoms with Gasteiger partial charge in [0.15, 0.2) is 5.13 Å². The second-order valence-electron chi connectivity index (χ2n) is 5.29. The molecule has 1 aromatic heterocycles. The lowest BCUT2D eigenvalue weighted by atomic mass is 10.0. The molecule has 0 atom stereocenters. The minimum absolute atomic E-state index is 0.128. The molecular formula is C18H15IN2OS. The van der Waals surface area contributed by atoms with Crippen molar-refractivity contribution < 1.29 is 4.79 Å². The number of amides is 1. The number of hydrogen-bond acceptors (Lipinski definition) is 3. The summed E-state index contributed by atoms with van der Waals surface area (Å²) < 4.78 is 0.925. The molecule has 1 N–H and O–H groups in total. The number of hydrogen-bond donors (Lipinski definition) is 1. The first-order valence-electron chi connectivity index (χ1n) is 7.13. The Kier molecular flexibility index (Phi) is 4.77. The van der Waals surface area contributed by atoms with Crippen LogP contribution in [0.15, 0.2) is 47.8 Å². The van der Waals surface area contributed by atoms with Gasteiger partial charge in [-0.05, 0) is 54.1 Å². The van der Waals surface area contributed by atoms with E-state index in [-0.39, 0.29) is 5.91 Å². The summed E-state index contributed by atoms with van der Waals surface area (Å²) in [5.74, 6) is -0.128. The van der Waals surface area contributed by atoms with Gasteiger partial charge in [-0.1, -0.05) is 35.9 Å². The van der Waals surface area contributed by atoms with E-state index < -0.39 is 0 Å². The first-order valence-corrected chi connectivity index (χ1v) is 9.09. The highest BCUT2D eigenvalue weighted by Crippen LogP contribution is 2.28. The van der Waals surface area contributed by atoms with Gasteiger partial charge in [0.2, 0.25) is 0 Å². The number of carbonyl (C=O) groups excluding carboxylic acids is 1. The molecule has 0 radical (unpaired) electrons. The van der Waals surface area contributed by atoms with E-state index in [1.165, 1.54) is 22.5 Å². The summed E-state index contributed by atoms with van der Waals surface area (Å²) in [5, 5.41) is 5.47. The summed E-state index contributed by atoms with van der Waals surface area (Å²) in [6.07, 6.45) is 0. The molecule has 0 saturated carbocycles. The van der Waals surface area contributed by atoms with Gasteiger partial charge in [0.1, 0.15) is 0 Å². The summed E-state index contributed by atoms with van der Waals surface area (Å²) in [5.41, 5.74) is 5.07. The zero-order valence-electron chi connectivity index (χ0n) is 12.8. The normalized spacial score (nSPS) is 10.6. The van der Waals surface area contributed by atoms with Crippen LogP contribution in [0.2, 0.25) is 0 Å². The number of rotatable bonds is 3. The fourth-order valence-corrected chi connectivity index (χ4v) is 3.70. The molecule has 0 aliphatic heterocycles. The molecule has 5 heteroatoms. The van der Waals surface area contributed by atoms with Gasteiger partial charge in [-0.15, -0.1) is 11.3 Å². The molecule has 1 heterocycles. The third-order valence-electron chi connectivity index (χ3n) is 3.50. The number of halogens is 1. The van der Waals surface area contributed by atoms with Crippen LogP contribution >= 0.6 is 33.9 Å². The summed E-state index contributed by atoms with van der Waals surface area (Å²) in [6.45, 7) is 4.15. The van der Waals surface area contributed by atoms with Crippen LogP contribution in [-0.4, -0.2) is 10.9 Å².